The second-order valence-electron chi connectivity index (χ2n) is 13.7. The van der Waals surface area contributed by atoms with Gasteiger partial charge in [0.15, 0.2) is 24.9 Å². The summed E-state index contributed by atoms with van der Waals surface area (Å²) in [5.41, 5.74) is -1.37. The van der Waals surface area contributed by atoms with Crippen molar-refractivity contribution >= 4 is 16.3 Å². The summed E-state index contributed by atoms with van der Waals surface area (Å²) in [6.45, 7) is 8.52. The molecular weight excluding hydrogens is 676 g/mol. The molecule has 1 aromatic carbocycles. The highest BCUT2D eigenvalue weighted by atomic mass is 32.2. The van der Waals surface area contributed by atoms with E-state index in [1.807, 2.05) is 6.92 Å². The van der Waals surface area contributed by atoms with Crippen LogP contribution in [0.2, 0.25) is 0 Å². The van der Waals surface area contributed by atoms with Crippen molar-refractivity contribution in [1.82, 2.24) is 9.13 Å². The third kappa shape index (κ3) is 9.80. The lowest BCUT2D eigenvalue weighted by atomic mass is 10.1. The van der Waals surface area contributed by atoms with Gasteiger partial charge >= 0.3 is 11.8 Å². The molecule has 0 saturated carbocycles. The van der Waals surface area contributed by atoms with E-state index in [-0.39, 0.29) is 17.1 Å². The quantitative estimate of drug-likeness (QED) is 0.230. The van der Waals surface area contributed by atoms with Crippen molar-refractivity contribution in [2.45, 2.75) is 127 Å². The molecule has 4 heterocycles. The minimum Gasteiger partial charge on any atom is -0.429 e. The summed E-state index contributed by atoms with van der Waals surface area (Å²) >= 11 is 0. The third-order valence-electron chi connectivity index (χ3n) is 8.44. The second-order valence-corrected chi connectivity index (χ2v) is 15.3. The maximum Gasteiger partial charge on any atom is 0.509 e. The van der Waals surface area contributed by atoms with E-state index in [9.17, 15) is 22.8 Å². The van der Waals surface area contributed by atoms with Crippen molar-refractivity contribution in [3.63, 3.8) is 0 Å². The van der Waals surface area contributed by atoms with Gasteiger partial charge in [-0.3, -0.25) is 18.1 Å². The molecule has 2 aromatic rings. The fourth-order valence-corrected chi connectivity index (χ4v) is 6.83. The Hall–Kier alpha value is -3.12. The van der Waals surface area contributed by atoms with Crippen LogP contribution in [-0.4, -0.2) is 86.6 Å². The molecule has 0 radical (unpaired) electrons. The summed E-state index contributed by atoms with van der Waals surface area (Å²) in [4.78, 5) is 40.3. The largest absolute Gasteiger partial charge is 0.509 e. The van der Waals surface area contributed by atoms with Gasteiger partial charge < -0.3 is 33.2 Å². The Morgan fingerprint density at radius 1 is 0.940 bits per heavy atom. The Bertz CT molecular complexity index is 1670. The molecule has 0 bridgehead atoms. The Labute approximate surface area is 291 Å². The van der Waals surface area contributed by atoms with Gasteiger partial charge in [0.2, 0.25) is 0 Å². The van der Waals surface area contributed by atoms with Crippen molar-refractivity contribution in [2.24, 2.45) is 0 Å². The van der Waals surface area contributed by atoms with Crippen LogP contribution >= 0.6 is 0 Å². The number of carbonyl (C=O) groups is 1. The van der Waals surface area contributed by atoms with Crippen LogP contribution < -0.4 is 11.2 Å². The molecular formula is C34H48N2O13S. The summed E-state index contributed by atoms with van der Waals surface area (Å²) in [7, 11) is -4.16. The predicted molar refractivity (Wildman–Crippen MR) is 177 cm³/mol. The van der Waals surface area contributed by atoms with Gasteiger partial charge in [0.25, 0.3) is 15.7 Å². The number of rotatable bonds is 12. The lowest BCUT2D eigenvalue weighted by Crippen LogP contribution is -2.47. The molecule has 3 fully saturated rings. The Morgan fingerprint density at radius 2 is 1.60 bits per heavy atom. The maximum atomic E-state index is 14.0. The summed E-state index contributed by atoms with van der Waals surface area (Å²) < 4.78 is 74.6. The predicted octanol–water partition coefficient (Wildman–Crippen LogP) is 3.71. The van der Waals surface area contributed by atoms with Crippen molar-refractivity contribution in [2.75, 3.05) is 26.4 Å². The Morgan fingerprint density at radius 3 is 2.22 bits per heavy atom. The number of nitrogens with zero attached hydrogens (tertiary/aromatic N) is 2. The molecule has 3 aliphatic heterocycles. The highest BCUT2D eigenvalue weighted by Gasteiger charge is 2.51. The van der Waals surface area contributed by atoms with Gasteiger partial charge in [-0.15, -0.1) is 0 Å². The summed E-state index contributed by atoms with van der Waals surface area (Å²) in [6, 6.07) is 6.09. The topological polar surface area (TPSA) is 169 Å². The van der Waals surface area contributed by atoms with Gasteiger partial charge in [-0.1, -0.05) is 17.7 Å². The molecule has 0 amide bonds. The molecule has 3 aliphatic rings. The number of hydrogen-bond donors (Lipinski definition) is 0. The molecule has 1 aromatic heterocycles. The number of carbonyl (C=O) groups excluding carboxylic acids is 1. The van der Waals surface area contributed by atoms with E-state index in [4.69, 9.17) is 37.3 Å². The smallest absolute Gasteiger partial charge is 0.429 e. The molecule has 3 saturated heterocycles. The maximum absolute atomic E-state index is 14.0. The van der Waals surface area contributed by atoms with Gasteiger partial charge in [-0.2, -0.15) is 8.42 Å². The van der Waals surface area contributed by atoms with Crippen molar-refractivity contribution < 1.29 is 50.6 Å². The summed E-state index contributed by atoms with van der Waals surface area (Å²) in [6.07, 6.45) is -0.307. The van der Waals surface area contributed by atoms with Gasteiger partial charge in [-0.05, 0) is 85.3 Å². The number of aromatic nitrogens is 2. The first-order chi connectivity index (χ1) is 23.7. The zero-order chi connectivity index (χ0) is 36.1. The molecule has 0 aliphatic carbocycles. The Balaban J connectivity index is 1.45. The number of benzene rings is 1. The van der Waals surface area contributed by atoms with Crippen molar-refractivity contribution in [3.05, 3.63) is 62.4 Å². The molecule has 16 heteroatoms. The van der Waals surface area contributed by atoms with E-state index in [1.165, 1.54) is 25.3 Å². The zero-order valence-corrected chi connectivity index (χ0v) is 30.1. The first kappa shape index (κ1) is 38.1. The van der Waals surface area contributed by atoms with Crippen LogP contribution in [0.15, 0.2) is 44.9 Å². The van der Waals surface area contributed by atoms with E-state index >= 15 is 0 Å². The molecule has 2 unspecified atom stereocenters. The minimum atomic E-state index is -4.16. The second kappa shape index (κ2) is 16.5. The Kier molecular flexibility index (Phi) is 12.6. The molecule has 5 rings (SSSR count). The standard InChI is InChI=1S/C34H48N2O13S/c1-22-12-14-24(15-13-22)50(40,41)45-19-16-35-30(37)23(2)20-36(32(35)38)31-29(48-33(39)49-34(3,4)5)28(47-27-11-7-9-18-43-27)25(46-31)21-44-26-10-6-8-17-42-26/h12-15,20,25-29,31H,6-11,16-19,21H2,1-5H3/t25-,26?,27?,28-,29+,31-/m1/s1. The number of ether oxygens (including phenoxy) is 7. The van der Waals surface area contributed by atoms with Crippen molar-refractivity contribution in [3.8, 4) is 0 Å². The van der Waals surface area contributed by atoms with E-state index in [1.54, 1.807) is 32.9 Å². The van der Waals surface area contributed by atoms with E-state index in [0.717, 1.165) is 40.4 Å². The fourth-order valence-electron chi connectivity index (χ4n) is 5.93. The highest BCUT2D eigenvalue weighted by molar-refractivity contribution is 7.86. The van der Waals surface area contributed by atoms with Crippen LogP contribution in [0.5, 0.6) is 0 Å². The summed E-state index contributed by atoms with van der Waals surface area (Å²) in [5, 5.41) is 0. The van der Waals surface area contributed by atoms with E-state index in [0.29, 0.717) is 26.1 Å². The first-order valence-corrected chi connectivity index (χ1v) is 18.5. The van der Waals surface area contributed by atoms with Crippen LogP contribution in [0.4, 0.5) is 4.79 Å². The van der Waals surface area contributed by atoms with Gasteiger partial charge in [-0.25, -0.2) is 9.59 Å². The number of aryl methyl sites for hydroxylation is 2. The van der Waals surface area contributed by atoms with Crippen molar-refractivity contribution in [1.29, 1.82) is 0 Å². The first-order valence-electron chi connectivity index (χ1n) is 17.1. The monoisotopic (exact) mass is 724 g/mol. The average Bonchev–Trinajstić information content (AvgIpc) is 3.39. The SMILES string of the molecule is Cc1ccc(S(=O)(=O)OCCn2c(=O)c(C)cn([C@@H]3O[C@H](COC4CCCCO4)[C@@H](OC4CCCCO4)[C@@H]3OC(=O)OC(C)(C)C)c2=O)cc1. The molecule has 50 heavy (non-hydrogen) atoms. The molecule has 0 N–H and O–H groups in total. The third-order valence-corrected chi connectivity index (χ3v) is 9.77. The molecule has 6 atom stereocenters. The summed E-state index contributed by atoms with van der Waals surface area (Å²) in [5.74, 6) is 0. The van der Waals surface area contributed by atoms with E-state index < -0.39 is 83.4 Å². The number of hydrogen-bond acceptors (Lipinski definition) is 13. The van der Waals surface area contributed by atoms with E-state index in [2.05, 4.69) is 0 Å². The van der Waals surface area contributed by atoms with Crippen LogP contribution in [-0.2, 0) is 54.0 Å². The fraction of sp³-hybridized carbons (Fsp3) is 0.676. The van der Waals surface area contributed by atoms with Crippen LogP contribution in [0.25, 0.3) is 0 Å². The van der Waals surface area contributed by atoms with Crippen LogP contribution in [0.1, 0.15) is 76.7 Å². The zero-order valence-electron chi connectivity index (χ0n) is 29.2. The van der Waals surface area contributed by atoms with Crippen LogP contribution in [0, 0.1) is 13.8 Å². The lowest BCUT2D eigenvalue weighted by Gasteiger charge is -2.31. The van der Waals surface area contributed by atoms with Gasteiger partial charge in [0.05, 0.1) is 24.7 Å². The molecule has 15 nitrogen and oxygen atoms in total. The molecule has 278 valence electrons. The molecule has 0 spiro atoms. The minimum absolute atomic E-state index is 0.0230. The average molecular weight is 725 g/mol. The highest BCUT2D eigenvalue weighted by Crippen LogP contribution is 2.36. The normalized spacial score (nSPS) is 26.1. The van der Waals surface area contributed by atoms with Crippen LogP contribution in [0.3, 0.4) is 0 Å². The van der Waals surface area contributed by atoms with Gasteiger partial charge in [0.1, 0.15) is 17.8 Å². The lowest BCUT2D eigenvalue weighted by molar-refractivity contribution is -0.224. The van der Waals surface area contributed by atoms with Gasteiger partial charge in [0, 0.05) is 25.0 Å².